The highest BCUT2D eigenvalue weighted by Gasteiger charge is 2.06. The first-order valence-electron chi connectivity index (χ1n) is 3.65. The molecule has 1 heterocycles. The average molecular weight is 169 g/mol. The topological polar surface area (TPSA) is 67.0 Å². The molecule has 0 amide bonds. The van der Waals surface area contributed by atoms with Crippen LogP contribution in [0.4, 0.5) is 5.82 Å². The molecule has 5 nitrogen and oxygen atoms in total. The Labute approximate surface area is 69.8 Å². The van der Waals surface area contributed by atoms with Crippen molar-refractivity contribution < 1.29 is 4.74 Å². The largest absolute Gasteiger partial charge is 0.489 e. The zero-order valence-electron chi connectivity index (χ0n) is 7.05. The van der Waals surface area contributed by atoms with Crippen molar-refractivity contribution in [3.8, 4) is 5.75 Å². The first kappa shape index (κ1) is 8.58. The van der Waals surface area contributed by atoms with Crippen LogP contribution in [-0.2, 0) is 0 Å². The number of anilines is 1. The molecule has 0 aliphatic rings. The van der Waals surface area contributed by atoms with Gasteiger partial charge in [-0.25, -0.2) is 4.98 Å². The summed E-state index contributed by atoms with van der Waals surface area (Å²) in [5, 5.41) is 2.91. The molecule has 1 aromatic heterocycles. The molecule has 0 aliphatic heterocycles. The van der Waals surface area contributed by atoms with Crippen LogP contribution in [-0.4, -0.2) is 23.6 Å². The van der Waals surface area contributed by atoms with Crippen molar-refractivity contribution in [2.24, 2.45) is 0 Å². The Morgan fingerprint density at radius 3 is 3.08 bits per heavy atom. The van der Waals surface area contributed by atoms with Gasteiger partial charge in [-0.15, -0.1) is 0 Å². The van der Waals surface area contributed by atoms with Crippen LogP contribution in [0.25, 0.3) is 0 Å². The smallest absolute Gasteiger partial charge is 0.295 e. The van der Waals surface area contributed by atoms with Crippen molar-refractivity contribution in [1.29, 1.82) is 0 Å². The molecular formula is C7H11N3O2. The fourth-order valence-electron chi connectivity index (χ4n) is 0.870. The zero-order chi connectivity index (χ0) is 8.97. The number of aromatic nitrogens is 2. The number of rotatable bonds is 3. The van der Waals surface area contributed by atoms with E-state index < -0.39 is 0 Å². The molecule has 12 heavy (non-hydrogen) atoms. The molecule has 0 unspecified atom stereocenters. The standard InChI is InChI=1S/C7H11N3O2/c1-3-8-6-5(12-2)7(11)10-4-9-6/h4H,3H2,1-2H3,(H2,8,9,10,11). The number of ether oxygens (including phenoxy) is 1. The molecule has 0 saturated carbocycles. The summed E-state index contributed by atoms with van der Waals surface area (Å²) in [6, 6.07) is 0. The Morgan fingerprint density at radius 2 is 2.50 bits per heavy atom. The Balaban J connectivity index is 3.09. The van der Waals surface area contributed by atoms with E-state index >= 15 is 0 Å². The second kappa shape index (κ2) is 3.75. The first-order valence-corrected chi connectivity index (χ1v) is 3.65. The Morgan fingerprint density at radius 1 is 1.75 bits per heavy atom. The number of hydrogen-bond donors (Lipinski definition) is 2. The summed E-state index contributed by atoms with van der Waals surface area (Å²) in [5.74, 6) is 0.697. The van der Waals surface area contributed by atoms with Crippen LogP contribution in [0.2, 0.25) is 0 Å². The molecule has 1 rings (SSSR count). The van der Waals surface area contributed by atoms with Crippen molar-refractivity contribution in [2.75, 3.05) is 19.0 Å². The number of nitrogens with zero attached hydrogens (tertiary/aromatic N) is 1. The van der Waals surface area contributed by atoms with E-state index in [1.54, 1.807) is 0 Å². The molecule has 66 valence electrons. The summed E-state index contributed by atoms with van der Waals surface area (Å²) in [6.07, 6.45) is 1.34. The molecule has 0 spiro atoms. The van der Waals surface area contributed by atoms with E-state index in [0.717, 1.165) is 0 Å². The lowest BCUT2D eigenvalue weighted by atomic mass is 10.5. The van der Waals surface area contributed by atoms with Crippen LogP contribution >= 0.6 is 0 Å². The molecule has 2 N–H and O–H groups in total. The summed E-state index contributed by atoms with van der Waals surface area (Å²) in [5.41, 5.74) is -0.275. The van der Waals surface area contributed by atoms with Gasteiger partial charge in [0.1, 0.15) is 0 Å². The van der Waals surface area contributed by atoms with Gasteiger partial charge in [0.15, 0.2) is 5.82 Å². The van der Waals surface area contributed by atoms with Crippen molar-refractivity contribution in [1.82, 2.24) is 9.97 Å². The lowest BCUT2D eigenvalue weighted by Gasteiger charge is -2.05. The van der Waals surface area contributed by atoms with Gasteiger partial charge < -0.3 is 15.0 Å². The number of methoxy groups -OCH3 is 1. The van der Waals surface area contributed by atoms with Gasteiger partial charge in [0.25, 0.3) is 5.56 Å². The predicted molar refractivity (Wildman–Crippen MR) is 45.6 cm³/mol. The minimum atomic E-state index is -0.275. The number of hydrogen-bond acceptors (Lipinski definition) is 4. The predicted octanol–water partition coefficient (Wildman–Crippen LogP) is 0.210. The SMILES string of the molecule is CCNc1nc[nH]c(=O)c1OC. The van der Waals surface area contributed by atoms with Crippen LogP contribution in [0.1, 0.15) is 6.92 Å². The van der Waals surface area contributed by atoms with Gasteiger partial charge >= 0.3 is 0 Å². The van der Waals surface area contributed by atoms with Crippen LogP contribution in [0.3, 0.4) is 0 Å². The van der Waals surface area contributed by atoms with Crippen LogP contribution < -0.4 is 15.6 Å². The molecule has 0 bridgehead atoms. The van der Waals surface area contributed by atoms with E-state index in [1.165, 1.54) is 13.4 Å². The number of H-pyrrole nitrogens is 1. The van der Waals surface area contributed by atoms with Crippen LogP contribution in [0.5, 0.6) is 5.75 Å². The molecule has 0 aliphatic carbocycles. The van der Waals surface area contributed by atoms with E-state index in [2.05, 4.69) is 15.3 Å². The maximum absolute atomic E-state index is 11.1. The zero-order valence-corrected chi connectivity index (χ0v) is 7.05. The minimum absolute atomic E-state index is 0.222. The molecular weight excluding hydrogens is 158 g/mol. The molecule has 0 fully saturated rings. The molecule has 1 aromatic rings. The molecule has 0 saturated heterocycles. The maximum Gasteiger partial charge on any atom is 0.295 e. The fourth-order valence-corrected chi connectivity index (χ4v) is 0.870. The Bertz CT molecular complexity index is 308. The molecule has 5 heteroatoms. The third-order valence-electron chi connectivity index (χ3n) is 1.36. The van der Waals surface area contributed by atoms with Crippen molar-refractivity contribution in [3.63, 3.8) is 0 Å². The maximum atomic E-state index is 11.1. The lowest BCUT2D eigenvalue weighted by molar-refractivity contribution is 0.408. The van der Waals surface area contributed by atoms with Gasteiger partial charge in [-0.1, -0.05) is 0 Å². The summed E-state index contributed by atoms with van der Waals surface area (Å²) in [7, 11) is 1.44. The van der Waals surface area contributed by atoms with Crippen molar-refractivity contribution in [2.45, 2.75) is 6.92 Å². The van der Waals surface area contributed by atoms with Gasteiger partial charge in [0.05, 0.1) is 13.4 Å². The fraction of sp³-hybridized carbons (Fsp3) is 0.429. The van der Waals surface area contributed by atoms with Gasteiger partial charge in [-0.05, 0) is 6.92 Å². The highest BCUT2D eigenvalue weighted by molar-refractivity contribution is 5.47. The monoisotopic (exact) mass is 169 g/mol. The minimum Gasteiger partial charge on any atom is -0.489 e. The highest BCUT2D eigenvalue weighted by atomic mass is 16.5. The van der Waals surface area contributed by atoms with E-state index in [1.807, 2.05) is 6.92 Å². The summed E-state index contributed by atoms with van der Waals surface area (Å²) in [6.45, 7) is 2.62. The summed E-state index contributed by atoms with van der Waals surface area (Å²) >= 11 is 0. The van der Waals surface area contributed by atoms with Gasteiger partial charge in [-0.2, -0.15) is 0 Å². The molecule has 0 atom stereocenters. The average Bonchev–Trinajstić information content (AvgIpc) is 2.05. The quantitative estimate of drug-likeness (QED) is 0.678. The van der Waals surface area contributed by atoms with Crippen molar-refractivity contribution >= 4 is 5.82 Å². The van der Waals surface area contributed by atoms with Gasteiger partial charge in [0, 0.05) is 6.54 Å². The number of nitrogens with one attached hydrogen (secondary N) is 2. The third kappa shape index (κ3) is 1.55. The summed E-state index contributed by atoms with van der Waals surface area (Å²) in [4.78, 5) is 17.4. The normalized spacial score (nSPS) is 9.50. The number of aromatic amines is 1. The van der Waals surface area contributed by atoms with Gasteiger partial charge in [-0.3, -0.25) is 4.79 Å². The van der Waals surface area contributed by atoms with E-state index in [4.69, 9.17) is 4.74 Å². The summed E-state index contributed by atoms with van der Waals surface area (Å²) < 4.78 is 4.86. The Kier molecular flexibility index (Phi) is 2.68. The second-order valence-electron chi connectivity index (χ2n) is 2.14. The first-order chi connectivity index (χ1) is 5.79. The second-order valence-corrected chi connectivity index (χ2v) is 2.14. The Hall–Kier alpha value is -1.52. The van der Waals surface area contributed by atoms with Crippen molar-refractivity contribution in [3.05, 3.63) is 16.7 Å². The third-order valence-corrected chi connectivity index (χ3v) is 1.36. The van der Waals surface area contributed by atoms with E-state index in [9.17, 15) is 4.79 Å². The van der Waals surface area contributed by atoms with Gasteiger partial charge in [0.2, 0.25) is 5.75 Å². The van der Waals surface area contributed by atoms with E-state index in [0.29, 0.717) is 12.4 Å². The molecule has 0 radical (unpaired) electrons. The van der Waals surface area contributed by atoms with Crippen LogP contribution in [0, 0.1) is 0 Å². The highest BCUT2D eigenvalue weighted by Crippen LogP contribution is 2.12. The molecule has 0 aromatic carbocycles. The lowest BCUT2D eigenvalue weighted by Crippen LogP contribution is -2.13. The van der Waals surface area contributed by atoms with Crippen LogP contribution in [0.15, 0.2) is 11.1 Å². The van der Waals surface area contributed by atoms with E-state index in [-0.39, 0.29) is 11.3 Å².